The second-order valence-corrected chi connectivity index (χ2v) is 6.91. The van der Waals surface area contributed by atoms with Gasteiger partial charge in [-0.1, -0.05) is 41.1 Å². The predicted molar refractivity (Wildman–Crippen MR) is 89.6 cm³/mol. The number of hydrogen-bond donors (Lipinski definition) is 0. The Morgan fingerprint density at radius 1 is 1.41 bits per heavy atom. The van der Waals surface area contributed by atoms with Gasteiger partial charge in [-0.05, 0) is 43.0 Å². The lowest BCUT2D eigenvalue weighted by Gasteiger charge is -2.24. The molecule has 2 heterocycles. The van der Waals surface area contributed by atoms with Crippen molar-refractivity contribution in [2.45, 2.75) is 31.8 Å². The van der Waals surface area contributed by atoms with E-state index in [4.69, 9.17) is 11.6 Å². The van der Waals surface area contributed by atoms with E-state index in [1.165, 1.54) is 23.3 Å². The van der Waals surface area contributed by atoms with E-state index >= 15 is 0 Å². The molecule has 1 aliphatic heterocycles. The van der Waals surface area contributed by atoms with E-state index in [1.807, 2.05) is 23.6 Å². The summed E-state index contributed by atoms with van der Waals surface area (Å²) >= 11 is 7.46. The maximum absolute atomic E-state index is 10.8. The number of thiophene rings is 1. The molecule has 1 atom stereocenters. The fraction of sp³-hybridized carbons (Fsp3) is 0.375. The van der Waals surface area contributed by atoms with Crippen LogP contribution < -0.4 is 0 Å². The first kappa shape index (κ1) is 15.5. The lowest BCUT2D eigenvalue weighted by Crippen LogP contribution is -2.30. The van der Waals surface area contributed by atoms with E-state index in [0.717, 1.165) is 36.5 Å². The van der Waals surface area contributed by atoms with Crippen molar-refractivity contribution in [3.8, 4) is 0 Å². The maximum atomic E-state index is 10.8. The lowest BCUT2D eigenvalue weighted by atomic mass is 10.0. The first-order chi connectivity index (χ1) is 10.6. The first-order valence-electron chi connectivity index (χ1n) is 7.33. The Bertz CT molecular complexity index is 674. The molecule has 1 aromatic carbocycles. The molecular weight excluding hydrogens is 320 g/mol. The van der Waals surface area contributed by atoms with E-state index in [2.05, 4.69) is 11.0 Å². The van der Waals surface area contributed by atoms with Crippen molar-refractivity contribution in [3.05, 3.63) is 62.0 Å². The van der Waals surface area contributed by atoms with Crippen LogP contribution in [0, 0.1) is 10.1 Å². The molecule has 6 heteroatoms. The van der Waals surface area contributed by atoms with Gasteiger partial charge in [-0.25, -0.2) is 0 Å². The summed E-state index contributed by atoms with van der Waals surface area (Å²) in [5.74, 6) is 0. The zero-order valence-electron chi connectivity index (χ0n) is 12.1. The van der Waals surface area contributed by atoms with Crippen LogP contribution in [0.1, 0.15) is 24.0 Å². The first-order valence-corrected chi connectivity index (χ1v) is 8.58. The number of nitro groups is 1. The topological polar surface area (TPSA) is 46.4 Å². The average Bonchev–Trinajstić information content (AvgIpc) is 3.12. The molecule has 2 aromatic rings. The largest absolute Gasteiger partial charge is 0.324 e. The van der Waals surface area contributed by atoms with Crippen molar-refractivity contribution in [1.29, 1.82) is 0 Å². The van der Waals surface area contributed by atoms with Crippen LogP contribution in [0.5, 0.6) is 0 Å². The Morgan fingerprint density at radius 3 is 2.95 bits per heavy atom. The van der Waals surface area contributed by atoms with Crippen molar-refractivity contribution in [2.75, 3.05) is 6.54 Å². The van der Waals surface area contributed by atoms with E-state index in [0.29, 0.717) is 6.04 Å². The van der Waals surface area contributed by atoms with Gasteiger partial charge < -0.3 is 0 Å². The second-order valence-electron chi connectivity index (χ2n) is 5.61. The number of hydrogen-bond acceptors (Lipinski definition) is 4. The van der Waals surface area contributed by atoms with Gasteiger partial charge in [-0.15, -0.1) is 0 Å². The van der Waals surface area contributed by atoms with Gasteiger partial charge in [0.25, 0.3) is 0 Å². The second kappa shape index (κ2) is 6.77. The van der Waals surface area contributed by atoms with Crippen molar-refractivity contribution >= 4 is 27.9 Å². The molecule has 0 unspecified atom stereocenters. The van der Waals surface area contributed by atoms with Gasteiger partial charge in [-0.2, -0.15) is 0 Å². The van der Waals surface area contributed by atoms with E-state index in [9.17, 15) is 10.1 Å². The minimum absolute atomic E-state index is 0.219. The summed E-state index contributed by atoms with van der Waals surface area (Å²) in [6.45, 7) is 1.82. The van der Waals surface area contributed by atoms with E-state index in [-0.39, 0.29) is 9.92 Å². The van der Waals surface area contributed by atoms with Gasteiger partial charge in [-0.3, -0.25) is 15.0 Å². The van der Waals surface area contributed by atoms with E-state index in [1.54, 1.807) is 6.07 Å². The third-order valence-corrected chi connectivity index (χ3v) is 5.42. The Labute approximate surface area is 138 Å². The molecular formula is C16H17ClN2O2S. The highest BCUT2D eigenvalue weighted by atomic mass is 35.5. The predicted octanol–water partition coefficient (Wildman–Crippen LogP) is 4.52. The van der Waals surface area contributed by atoms with Crippen molar-refractivity contribution in [2.24, 2.45) is 0 Å². The minimum atomic E-state index is -0.320. The monoisotopic (exact) mass is 336 g/mol. The molecule has 0 spiro atoms. The summed E-state index contributed by atoms with van der Waals surface area (Å²) in [6, 6.07) is 10.1. The SMILES string of the molecule is O=[N+]([O-])c1cc(CN2CCC[C@H]2Cc2ccccc2Cl)cs1. The molecule has 22 heavy (non-hydrogen) atoms. The highest BCUT2D eigenvalue weighted by molar-refractivity contribution is 7.13. The molecule has 116 valence electrons. The zero-order chi connectivity index (χ0) is 15.5. The Hall–Kier alpha value is -1.43. The molecule has 1 fully saturated rings. The molecule has 3 rings (SSSR count). The quantitative estimate of drug-likeness (QED) is 0.596. The van der Waals surface area contributed by atoms with Crippen LogP contribution in [0.25, 0.3) is 0 Å². The summed E-state index contributed by atoms with van der Waals surface area (Å²) in [5, 5.41) is 13.7. The Morgan fingerprint density at radius 2 is 2.23 bits per heavy atom. The lowest BCUT2D eigenvalue weighted by molar-refractivity contribution is -0.380. The number of likely N-dealkylation sites (tertiary alicyclic amines) is 1. The summed E-state index contributed by atoms with van der Waals surface area (Å²) in [5.41, 5.74) is 2.21. The highest BCUT2D eigenvalue weighted by Gasteiger charge is 2.26. The van der Waals surface area contributed by atoms with Gasteiger partial charge >= 0.3 is 5.00 Å². The van der Waals surface area contributed by atoms with Crippen LogP contribution in [-0.4, -0.2) is 22.4 Å². The van der Waals surface area contributed by atoms with Crippen LogP contribution in [-0.2, 0) is 13.0 Å². The molecule has 0 saturated carbocycles. The molecule has 0 aliphatic carbocycles. The van der Waals surface area contributed by atoms with Crippen LogP contribution >= 0.6 is 22.9 Å². The molecule has 1 aliphatic rings. The molecule has 0 radical (unpaired) electrons. The fourth-order valence-corrected chi connectivity index (χ4v) is 3.96. The smallest absolute Gasteiger partial charge is 0.296 e. The Kier molecular flexibility index (Phi) is 4.76. The molecule has 0 N–H and O–H groups in total. The highest BCUT2D eigenvalue weighted by Crippen LogP contribution is 2.29. The zero-order valence-corrected chi connectivity index (χ0v) is 13.6. The summed E-state index contributed by atoms with van der Waals surface area (Å²) in [4.78, 5) is 12.9. The van der Waals surface area contributed by atoms with Crippen molar-refractivity contribution in [1.82, 2.24) is 4.90 Å². The minimum Gasteiger partial charge on any atom is -0.296 e. The summed E-state index contributed by atoms with van der Waals surface area (Å²) < 4.78 is 0. The third kappa shape index (κ3) is 3.48. The van der Waals surface area contributed by atoms with Gasteiger partial charge in [0.2, 0.25) is 0 Å². The summed E-state index contributed by atoms with van der Waals surface area (Å²) in [6.07, 6.45) is 3.25. The average molecular weight is 337 g/mol. The number of benzene rings is 1. The molecule has 0 bridgehead atoms. The standard InChI is InChI=1S/C16H17ClN2O2S/c17-15-6-2-1-4-13(15)9-14-5-3-7-18(14)10-12-8-16(19(20)21)22-11-12/h1-2,4,6,8,11,14H,3,5,7,9-10H2/t14-/m0/s1. The van der Waals surface area contributed by atoms with Gasteiger partial charge in [0, 0.05) is 29.1 Å². The Balaban J connectivity index is 1.67. The number of nitrogens with zero attached hydrogens (tertiary/aromatic N) is 2. The fourth-order valence-electron chi connectivity index (χ4n) is 3.03. The number of rotatable bonds is 5. The van der Waals surface area contributed by atoms with Gasteiger partial charge in [0.1, 0.15) is 0 Å². The maximum Gasteiger partial charge on any atom is 0.324 e. The number of halogens is 1. The van der Waals surface area contributed by atoms with Crippen LogP contribution in [0.4, 0.5) is 5.00 Å². The van der Waals surface area contributed by atoms with Gasteiger partial charge in [0.15, 0.2) is 0 Å². The van der Waals surface area contributed by atoms with Crippen molar-refractivity contribution < 1.29 is 4.92 Å². The van der Waals surface area contributed by atoms with E-state index < -0.39 is 0 Å². The normalized spacial score (nSPS) is 18.7. The third-order valence-electron chi connectivity index (χ3n) is 4.12. The molecule has 0 amide bonds. The van der Waals surface area contributed by atoms with Crippen LogP contribution in [0.3, 0.4) is 0 Å². The molecule has 1 aromatic heterocycles. The van der Waals surface area contributed by atoms with Gasteiger partial charge in [0.05, 0.1) is 4.92 Å². The molecule has 1 saturated heterocycles. The van der Waals surface area contributed by atoms with Crippen molar-refractivity contribution in [3.63, 3.8) is 0 Å². The summed E-state index contributed by atoms with van der Waals surface area (Å²) in [7, 11) is 0. The van der Waals surface area contributed by atoms with Crippen LogP contribution in [0.15, 0.2) is 35.7 Å². The van der Waals surface area contributed by atoms with Crippen LogP contribution in [0.2, 0.25) is 5.02 Å². The molecule has 4 nitrogen and oxygen atoms in total.